The second-order valence-corrected chi connectivity index (χ2v) is 12.9. The van der Waals surface area contributed by atoms with E-state index in [0.29, 0.717) is 30.9 Å². The quantitative estimate of drug-likeness (QED) is 0.414. The van der Waals surface area contributed by atoms with Crippen LogP contribution in [0.15, 0.2) is 61.1 Å². The highest BCUT2D eigenvalue weighted by Gasteiger charge is 2.50. The highest BCUT2D eigenvalue weighted by molar-refractivity contribution is 5.99. The van der Waals surface area contributed by atoms with Crippen LogP contribution in [-0.4, -0.2) is 78.4 Å². The Morgan fingerprint density at radius 2 is 1.64 bits per heavy atom. The Kier molecular flexibility index (Phi) is 8.15. The van der Waals surface area contributed by atoms with Crippen molar-refractivity contribution in [1.29, 1.82) is 0 Å². The number of nitrogens with zero attached hydrogens (tertiary/aromatic N) is 5. The van der Waals surface area contributed by atoms with Crippen LogP contribution in [-0.2, 0) is 16.6 Å². The van der Waals surface area contributed by atoms with E-state index in [-0.39, 0.29) is 29.6 Å². The van der Waals surface area contributed by atoms with Crippen molar-refractivity contribution >= 4 is 11.8 Å². The summed E-state index contributed by atoms with van der Waals surface area (Å²) in [7, 11) is 0. The average Bonchev–Trinajstić information content (AvgIpc) is 3.64. The van der Waals surface area contributed by atoms with Crippen molar-refractivity contribution in [3.63, 3.8) is 0 Å². The van der Waals surface area contributed by atoms with Gasteiger partial charge in [-0.05, 0) is 88.8 Å². The third-order valence-electron chi connectivity index (χ3n) is 9.61. The fraction of sp³-hybridized carbons (Fsp3) is 0.485. The van der Waals surface area contributed by atoms with Gasteiger partial charge >= 0.3 is 6.18 Å². The summed E-state index contributed by atoms with van der Waals surface area (Å²) in [4.78, 5) is 44.0. The first-order valence-corrected chi connectivity index (χ1v) is 15.4. The van der Waals surface area contributed by atoms with E-state index < -0.39 is 28.8 Å². The van der Waals surface area contributed by atoms with Crippen molar-refractivity contribution in [1.82, 2.24) is 30.1 Å². The molecule has 0 radical (unpaired) electrons. The molecule has 2 atom stereocenters. The molecule has 45 heavy (non-hydrogen) atoms. The number of pyridine rings is 1. The lowest BCUT2D eigenvalue weighted by Gasteiger charge is -2.41. The van der Waals surface area contributed by atoms with Gasteiger partial charge in [-0.3, -0.25) is 19.5 Å². The van der Waals surface area contributed by atoms with E-state index in [4.69, 9.17) is 0 Å². The van der Waals surface area contributed by atoms with E-state index in [0.717, 1.165) is 49.9 Å². The summed E-state index contributed by atoms with van der Waals surface area (Å²) >= 11 is 0. The first-order chi connectivity index (χ1) is 21.4. The number of nitrogens with one attached hydrogen (secondary N) is 1. The molecule has 6 rings (SSSR count). The Morgan fingerprint density at radius 3 is 2.31 bits per heavy atom. The number of benzene rings is 1. The van der Waals surface area contributed by atoms with Crippen LogP contribution >= 0.6 is 0 Å². The topological polar surface area (TPSA) is 112 Å². The molecule has 3 aliphatic rings. The van der Waals surface area contributed by atoms with E-state index in [9.17, 15) is 27.9 Å². The molecule has 0 spiro atoms. The fourth-order valence-corrected chi connectivity index (χ4v) is 7.25. The minimum absolute atomic E-state index is 0.00235. The highest BCUT2D eigenvalue weighted by Crippen LogP contribution is 2.42. The molecule has 0 bridgehead atoms. The Labute approximate surface area is 259 Å². The zero-order valence-electron chi connectivity index (χ0n) is 25.3. The Balaban J connectivity index is 1.06. The van der Waals surface area contributed by atoms with Gasteiger partial charge in [-0.25, -0.2) is 9.97 Å². The highest BCUT2D eigenvalue weighted by atomic mass is 19.4. The van der Waals surface area contributed by atoms with Crippen molar-refractivity contribution < 1.29 is 27.9 Å². The number of carbonyl (C=O) groups is 2. The van der Waals surface area contributed by atoms with Crippen LogP contribution in [0.3, 0.4) is 0 Å². The second-order valence-electron chi connectivity index (χ2n) is 12.9. The van der Waals surface area contributed by atoms with Gasteiger partial charge in [0.2, 0.25) is 5.91 Å². The summed E-state index contributed by atoms with van der Waals surface area (Å²) < 4.78 is 39.5. The zero-order valence-corrected chi connectivity index (χ0v) is 25.3. The third-order valence-corrected chi connectivity index (χ3v) is 9.61. The third kappa shape index (κ3) is 6.17. The van der Waals surface area contributed by atoms with Crippen molar-refractivity contribution in [2.75, 3.05) is 13.1 Å². The molecular formula is C33H37F3N6O3. The molecule has 1 saturated carbocycles. The van der Waals surface area contributed by atoms with Gasteiger partial charge in [0.15, 0.2) is 5.82 Å². The minimum atomic E-state index is -4.57. The maximum Gasteiger partial charge on any atom is 0.416 e. The number of hydrogen-bond donors (Lipinski definition) is 2. The van der Waals surface area contributed by atoms with Crippen LogP contribution in [0.5, 0.6) is 0 Å². The predicted molar refractivity (Wildman–Crippen MR) is 160 cm³/mol. The van der Waals surface area contributed by atoms with Gasteiger partial charge in [0.1, 0.15) is 11.1 Å². The Morgan fingerprint density at radius 1 is 0.933 bits per heavy atom. The summed E-state index contributed by atoms with van der Waals surface area (Å²) in [5.74, 6) is -0.387. The largest absolute Gasteiger partial charge is 0.416 e. The van der Waals surface area contributed by atoms with Crippen LogP contribution in [0.1, 0.15) is 74.0 Å². The van der Waals surface area contributed by atoms with Gasteiger partial charge in [0, 0.05) is 60.9 Å². The molecule has 238 valence electrons. The number of amides is 2. The second kappa shape index (κ2) is 11.8. The number of hydrogen-bond acceptors (Lipinski definition) is 7. The number of halogens is 3. The number of aliphatic hydroxyl groups is 1. The first kappa shape index (κ1) is 31.1. The molecule has 1 aromatic carbocycles. The van der Waals surface area contributed by atoms with E-state index in [1.165, 1.54) is 12.1 Å². The van der Waals surface area contributed by atoms with Crippen molar-refractivity contribution in [3.05, 3.63) is 77.9 Å². The molecule has 2 unspecified atom stereocenters. The molecule has 1 aliphatic carbocycles. The molecule has 2 amide bonds. The zero-order chi connectivity index (χ0) is 32.0. The van der Waals surface area contributed by atoms with Gasteiger partial charge in [-0.2, -0.15) is 13.2 Å². The monoisotopic (exact) mass is 622 g/mol. The summed E-state index contributed by atoms with van der Waals surface area (Å²) in [5.41, 5.74) is -1.94. The smallest absolute Gasteiger partial charge is 0.384 e. The van der Waals surface area contributed by atoms with Crippen LogP contribution in [0.25, 0.3) is 11.4 Å². The summed E-state index contributed by atoms with van der Waals surface area (Å²) in [6, 6.07) is 10.2. The predicted octanol–water partition coefficient (Wildman–Crippen LogP) is 4.57. The average molecular weight is 623 g/mol. The number of carbonyl (C=O) groups excluding carboxylic acids is 2. The molecule has 2 aromatic heterocycles. The minimum Gasteiger partial charge on any atom is -0.384 e. The van der Waals surface area contributed by atoms with E-state index in [2.05, 4.69) is 25.2 Å². The van der Waals surface area contributed by atoms with Crippen LogP contribution < -0.4 is 5.32 Å². The molecule has 12 heteroatoms. The molecule has 3 fully saturated rings. The standard InChI is InChI=1S/C33H37F3N6O3/c1-31(2,40-29(43)21-5-3-6-23(19-21)33(34,35)36)30(44)42-18-12-25-26(42)11-17-41(25)24-9-13-32(45,14-10-24)27-8-7-22(20-39-27)28-37-15-4-16-38-28/h3-8,15-16,19-20,24-26,45H,9-14,17-18H2,1-2H3,(H,40,43)/t24-,25?,26?,32-. The van der Waals surface area contributed by atoms with Gasteiger partial charge in [-0.15, -0.1) is 0 Å². The molecule has 4 heterocycles. The normalized spacial score (nSPS) is 25.6. The fourth-order valence-electron chi connectivity index (χ4n) is 7.25. The number of aromatic nitrogens is 3. The molecule has 2 saturated heterocycles. The van der Waals surface area contributed by atoms with Gasteiger partial charge < -0.3 is 15.3 Å². The van der Waals surface area contributed by atoms with Crippen LogP contribution in [0.4, 0.5) is 13.2 Å². The van der Waals surface area contributed by atoms with Gasteiger partial charge in [0.25, 0.3) is 5.91 Å². The number of likely N-dealkylation sites (tertiary alicyclic amines) is 2. The van der Waals surface area contributed by atoms with E-state index >= 15 is 0 Å². The number of rotatable bonds is 6. The van der Waals surface area contributed by atoms with E-state index in [1.807, 2.05) is 17.0 Å². The van der Waals surface area contributed by atoms with Crippen LogP contribution in [0.2, 0.25) is 0 Å². The summed E-state index contributed by atoms with van der Waals surface area (Å²) in [5, 5.41) is 14.2. The Hall–Kier alpha value is -3.90. The van der Waals surface area contributed by atoms with Gasteiger partial charge in [-0.1, -0.05) is 6.07 Å². The molecule has 2 N–H and O–H groups in total. The summed E-state index contributed by atoms with van der Waals surface area (Å²) in [6.07, 6.45) is 4.86. The maximum absolute atomic E-state index is 13.7. The van der Waals surface area contributed by atoms with Crippen molar-refractivity contribution in [2.24, 2.45) is 0 Å². The summed E-state index contributed by atoms with van der Waals surface area (Å²) in [6.45, 7) is 4.57. The van der Waals surface area contributed by atoms with Gasteiger partial charge in [0.05, 0.1) is 11.3 Å². The molecule has 3 aromatic rings. The van der Waals surface area contributed by atoms with E-state index in [1.54, 1.807) is 38.5 Å². The maximum atomic E-state index is 13.7. The lowest BCUT2D eigenvalue weighted by molar-refractivity contribution is -0.138. The molecule has 9 nitrogen and oxygen atoms in total. The van der Waals surface area contributed by atoms with Crippen molar-refractivity contribution in [2.45, 2.75) is 87.8 Å². The Bertz CT molecular complexity index is 1540. The first-order valence-electron chi connectivity index (χ1n) is 15.4. The van der Waals surface area contributed by atoms with Crippen molar-refractivity contribution in [3.8, 4) is 11.4 Å². The molecule has 2 aliphatic heterocycles. The number of alkyl halides is 3. The lowest BCUT2D eigenvalue weighted by atomic mass is 9.79. The molecular weight excluding hydrogens is 585 g/mol. The SMILES string of the molecule is CC(C)(NC(=O)c1cccc(C(F)(F)F)c1)C(=O)N1CCC2C1CCN2[C@H]1CC[C@@](O)(c2ccc(-c3ncccn3)cn2)CC1. The number of fused-ring (bicyclic) bond motifs is 1. The van der Waals surface area contributed by atoms with Crippen LogP contribution in [0, 0.1) is 0 Å². The lowest BCUT2D eigenvalue weighted by Crippen LogP contribution is -2.57.